The van der Waals surface area contributed by atoms with Crippen molar-refractivity contribution in [3.63, 3.8) is 0 Å². The second-order valence-electron chi connectivity index (χ2n) is 4.82. The van der Waals surface area contributed by atoms with Crippen molar-refractivity contribution >= 4 is 5.65 Å². The van der Waals surface area contributed by atoms with Gasteiger partial charge in [0.05, 0.1) is 0 Å². The molecule has 3 heterocycles. The molecule has 5 heteroatoms. The molecule has 2 aromatic rings. The summed E-state index contributed by atoms with van der Waals surface area (Å²) in [5.74, 6) is 1.55. The second kappa shape index (κ2) is 5.04. The maximum absolute atomic E-state index is 5.78. The Kier molecular flexibility index (Phi) is 3.25. The number of nitrogens with zero attached hydrogens (tertiary/aromatic N) is 3. The van der Waals surface area contributed by atoms with Gasteiger partial charge in [-0.15, -0.1) is 10.2 Å². The van der Waals surface area contributed by atoms with Gasteiger partial charge in [0.15, 0.2) is 5.65 Å². The SMILES string of the molecule is NCc1cccc2nnc(CC3CCCOC3)n12. The Bertz CT molecular complexity index is 531. The normalized spacial score (nSPS) is 20.4. The smallest absolute Gasteiger partial charge is 0.161 e. The minimum Gasteiger partial charge on any atom is -0.381 e. The lowest BCUT2D eigenvalue weighted by atomic mass is 9.98. The van der Waals surface area contributed by atoms with Gasteiger partial charge in [-0.1, -0.05) is 6.07 Å². The molecule has 1 saturated heterocycles. The zero-order valence-corrected chi connectivity index (χ0v) is 10.4. The Morgan fingerprint density at radius 1 is 1.39 bits per heavy atom. The average molecular weight is 246 g/mol. The quantitative estimate of drug-likeness (QED) is 0.882. The molecule has 0 bridgehead atoms. The van der Waals surface area contributed by atoms with Gasteiger partial charge in [-0.05, 0) is 30.9 Å². The summed E-state index contributed by atoms with van der Waals surface area (Å²) in [6.45, 7) is 2.23. The summed E-state index contributed by atoms with van der Waals surface area (Å²) in [5.41, 5.74) is 7.71. The fraction of sp³-hybridized carbons (Fsp3) is 0.538. The summed E-state index contributed by atoms with van der Waals surface area (Å²) >= 11 is 0. The van der Waals surface area contributed by atoms with E-state index < -0.39 is 0 Å². The van der Waals surface area contributed by atoms with Gasteiger partial charge in [0.1, 0.15) is 5.82 Å². The first-order chi connectivity index (χ1) is 8.88. The van der Waals surface area contributed by atoms with Crippen molar-refractivity contribution in [2.45, 2.75) is 25.8 Å². The molecule has 1 unspecified atom stereocenters. The number of aromatic nitrogens is 3. The Labute approximate surface area is 106 Å². The number of ether oxygens (including phenoxy) is 1. The molecular weight excluding hydrogens is 228 g/mol. The van der Waals surface area contributed by atoms with E-state index >= 15 is 0 Å². The van der Waals surface area contributed by atoms with Crippen molar-refractivity contribution in [2.24, 2.45) is 11.7 Å². The molecule has 3 rings (SSSR count). The molecule has 2 aromatic heterocycles. The molecule has 1 fully saturated rings. The van der Waals surface area contributed by atoms with Gasteiger partial charge in [-0.3, -0.25) is 4.40 Å². The molecular formula is C13H18N4O. The van der Waals surface area contributed by atoms with Gasteiger partial charge < -0.3 is 10.5 Å². The highest BCUT2D eigenvalue weighted by Gasteiger charge is 2.18. The monoisotopic (exact) mass is 246 g/mol. The van der Waals surface area contributed by atoms with Crippen molar-refractivity contribution in [2.75, 3.05) is 13.2 Å². The van der Waals surface area contributed by atoms with Crippen molar-refractivity contribution in [3.8, 4) is 0 Å². The molecule has 2 N–H and O–H groups in total. The first kappa shape index (κ1) is 11.6. The number of rotatable bonds is 3. The maximum Gasteiger partial charge on any atom is 0.161 e. The van der Waals surface area contributed by atoms with E-state index in [-0.39, 0.29) is 0 Å². The fourth-order valence-corrected chi connectivity index (χ4v) is 2.59. The van der Waals surface area contributed by atoms with Crippen LogP contribution in [0, 0.1) is 5.92 Å². The maximum atomic E-state index is 5.78. The number of pyridine rings is 1. The van der Waals surface area contributed by atoms with Crippen LogP contribution < -0.4 is 5.73 Å². The van der Waals surface area contributed by atoms with Crippen LogP contribution in [0.5, 0.6) is 0 Å². The van der Waals surface area contributed by atoms with Crippen LogP contribution in [-0.2, 0) is 17.7 Å². The Balaban J connectivity index is 1.91. The number of nitrogens with two attached hydrogens (primary N) is 1. The van der Waals surface area contributed by atoms with Crippen LogP contribution in [0.25, 0.3) is 5.65 Å². The molecule has 96 valence electrons. The van der Waals surface area contributed by atoms with E-state index in [1.165, 1.54) is 6.42 Å². The first-order valence-corrected chi connectivity index (χ1v) is 6.48. The molecule has 1 aliphatic heterocycles. The van der Waals surface area contributed by atoms with Crippen LogP contribution in [0.2, 0.25) is 0 Å². The number of hydrogen-bond donors (Lipinski definition) is 1. The van der Waals surface area contributed by atoms with Crippen molar-refractivity contribution in [1.29, 1.82) is 0 Å². The summed E-state index contributed by atoms with van der Waals surface area (Å²) < 4.78 is 7.60. The van der Waals surface area contributed by atoms with Crippen molar-refractivity contribution in [3.05, 3.63) is 29.7 Å². The first-order valence-electron chi connectivity index (χ1n) is 6.48. The summed E-state index contributed by atoms with van der Waals surface area (Å²) in [7, 11) is 0. The third-order valence-corrected chi connectivity index (χ3v) is 3.51. The Morgan fingerprint density at radius 2 is 2.33 bits per heavy atom. The van der Waals surface area contributed by atoms with Crippen LogP contribution in [0.4, 0.5) is 0 Å². The molecule has 0 radical (unpaired) electrons. The van der Waals surface area contributed by atoms with E-state index in [1.54, 1.807) is 0 Å². The second-order valence-corrected chi connectivity index (χ2v) is 4.82. The zero-order valence-electron chi connectivity index (χ0n) is 10.4. The topological polar surface area (TPSA) is 65.4 Å². The summed E-state index contributed by atoms with van der Waals surface area (Å²) in [6.07, 6.45) is 3.27. The lowest BCUT2D eigenvalue weighted by Gasteiger charge is -2.21. The fourth-order valence-electron chi connectivity index (χ4n) is 2.59. The Hall–Kier alpha value is -1.46. The van der Waals surface area contributed by atoms with E-state index in [2.05, 4.69) is 14.6 Å². The van der Waals surface area contributed by atoms with E-state index in [0.29, 0.717) is 12.5 Å². The molecule has 5 nitrogen and oxygen atoms in total. The van der Waals surface area contributed by atoms with Crippen LogP contribution in [0.15, 0.2) is 18.2 Å². The van der Waals surface area contributed by atoms with Crippen LogP contribution in [0.3, 0.4) is 0 Å². The summed E-state index contributed by atoms with van der Waals surface area (Å²) in [6, 6.07) is 5.96. The summed E-state index contributed by atoms with van der Waals surface area (Å²) in [5, 5.41) is 8.51. The van der Waals surface area contributed by atoms with Gasteiger partial charge in [0.2, 0.25) is 0 Å². The summed E-state index contributed by atoms with van der Waals surface area (Å²) in [4.78, 5) is 0. The molecule has 0 aliphatic carbocycles. The lowest BCUT2D eigenvalue weighted by Crippen LogP contribution is -2.20. The van der Waals surface area contributed by atoms with Crippen molar-refractivity contribution < 1.29 is 4.74 Å². The molecule has 0 saturated carbocycles. The van der Waals surface area contributed by atoms with Crippen LogP contribution >= 0.6 is 0 Å². The van der Waals surface area contributed by atoms with Gasteiger partial charge in [0, 0.05) is 31.9 Å². The van der Waals surface area contributed by atoms with Gasteiger partial charge in [0.25, 0.3) is 0 Å². The third kappa shape index (κ3) is 2.11. The molecule has 18 heavy (non-hydrogen) atoms. The number of fused-ring (bicyclic) bond motifs is 1. The lowest BCUT2D eigenvalue weighted by molar-refractivity contribution is 0.0542. The largest absolute Gasteiger partial charge is 0.381 e. The minimum atomic E-state index is 0.504. The molecule has 0 spiro atoms. The molecule has 0 aromatic carbocycles. The minimum absolute atomic E-state index is 0.504. The third-order valence-electron chi connectivity index (χ3n) is 3.51. The van der Waals surface area contributed by atoms with Crippen LogP contribution in [0.1, 0.15) is 24.4 Å². The Morgan fingerprint density at radius 3 is 3.11 bits per heavy atom. The predicted molar refractivity (Wildman–Crippen MR) is 68.1 cm³/mol. The highest BCUT2D eigenvalue weighted by atomic mass is 16.5. The van der Waals surface area contributed by atoms with E-state index in [0.717, 1.165) is 43.2 Å². The highest BCUT2D eigenvalue weighted by molar-refractivity contribution is 5.40. The van der Waals surface area contributed by atoms with E-state index in [4.69, 9.17) is 10.5 Å². The highest BCUT2D eigenvalue weighted by Crippen LogP contribution is 2.19. The standard InChI is InChI=1S/C13H18N4O/c14-8-11-4-1-5-12-15-16-13(17(11)12)7-10-3-2-6-18-9-10/h1,4-5,10H,2-3,6-9,14H2. The van der Waals surface area contributed by atoms with E-state index in [1.807, 2.05) is 18.2 Å². The predicted octanol–water partition coefficient (Wildman–Crippen LogP) is 1.16. The molecule has 1 aliphatic rings. The van der Waals surface area contributed by atoms with Gasteiger partial charge >= 0.3 is 0 Å². The van der Waals surface area contributed by atoms with Crippen molar-refractivity contribution in [1.82, 2.24) is 14.6 Å². The van der Waals surface area contributed by atoms with Gasteiger partial charge in [-0.25, -0.2) is 0 Å². The molecule has 0 amide bonds. The average Bonchev–Trinajstić information content (AvgIpc) is 2.83. The molecule has 1 atom stereocenters. The van der Waals surface area contributed by atoms with E-state index in [9.17, 15) is 0 Å². The van der Waals surface area contributed by atoms with Crippen LogP contribution in [-0.4, -0.2) is 27.8 Å². The number of hydrogen-bond acceptors (Lipinski definition) is 4. The van der Waals surface area contributed by atoms with Gasteiger partial charge in [-0.2, -0.15) is 0 Å². The zero-order chi connectivity index (χ0) is 12.4.